The van der Waals surface area contributed by atoms with Gasteiger partial charge >= 0.3 is 0 Å². The average molecular weight is 312 g/mol. The number of rotatable bonds is 3. The lowest BCUT2D eigenvalue weighted by Gasteiger charge is -2.09. The van der Waals surface area contributed by atoms with Gasteiger partial charge in [0.1, 0.15) is 11.1 Å². The number of para-hydroxylation sites is 1. The number of furan rings is 1. The molecule has 0 aliphatic heterocycles. The molecule has 1 aromatic carbocycles. The molecule has 4 aromatic rings. The third-order valence-electron chi connectivity index (χ3n) is 3.58. The van der Waals surface area contributed by atoms with Gasteiger partial charge in [0.2, 0.25) is 0 Å². The maximum atomic E-state index is 8.41. The second-order valence-corrected chi connectivity index (χ2v) is 4.98. The molecule has 0 N–H and O–H groups in total. The summed E-state index contributed by atoms with van der Waals surface area (Å²) in [5.74, 6) is 0. The van der Waals surface area contributed by atoms with Crippen LogP contribution in [0.2, 0.25) is 0 Å². The highest BCUT2D eigenvalue weighted by molar-refractivity contribution is 6.03. The van der Waals surface area contributed by atoms with E-state index in [2.05, 4.69) is 9.97 Å². The number of hydrogen-bond acceptors (Lipinski definition) is 3. The predicted octanol–water partition coefficient (Wildman–Crippen LogP) is 5.30. The standard InChI is InChI=1S/C20H18N2O/c1-3-7-14-8-6-11-21-19(14)18-13(2)12-17-20(22-18)15-9-4-5-10-16(15)23-17/h4-6,8-12H,3,7H2,1-2H3/i1D3,2D3,3D2,7D2. The molecule has 3 heteroatoms. The fourth-order valence-corrected chi connectivity index (χ4v) is 2.58. The van der Waals surface area contributed by atoms with Crippen LogP contribution in [0.4, 0.5) is 0 Å². The zero-order chi connectivity index (χ0) is 24.4. The van der Waals surface area contributed by atoms with Gasteiger partial charge in [-0.25, -0.2) is 4.98 Å². The van der Waals surface area contributed by atoms with Gasteiger partial charge in [-0.15, -0.1) is 0 Å². The largest absolute Gasteiger partial charge is 0.454 e. The van der Waals surface area contributed by atoms with Crippen LogP contribution in [-0.2, 0) is 6.37 Å². The second-order valence-electron chi connectivity index (χ2n) is 4.98. The Morgan fingerprint density at radius 3 is 3.00 bits per heavy atom. The van der Waals surface area contributed by atoms with Crippen LogP contribution in [0, 0.1) is 6.85 Å². The van der Waals surface area contributed by atoms with E-state index in [-0.39, 0.29) is 22.5 Å². The summed E-state index contributed by atoms with van der Waals surface area (Å²) in [5.41, 5.74) is -0.141. The van der Waals surface area contributed by atoms with Gasteiger partial charge in [0, 0.05) is 25.3 Å². The maximum absolute atomic E-state index is 8.41. The zero-order valence-corrected chi connectivity index (χ0v) is 11.9. The van der Waals surface area contributed by atoms with Gasteiger partial charge in [0.25, 0.3) is 0 Å². The van der Waals surface area contributed by atoms with Crippen molar-refractivity contribution in [2.75, 3.05) is 0 Å². The van der Waals surface area contributed by atoms with E-state index >= 15 is 0 Å². The molecule has 0 unspecified atom stereocenters. The van der Waals surface area contributed by atoms with Crippen molar-refractivity contribution >= 4 is 22.1 Å². The number of nitrogens with zero attached hydrogens (tertiary/aromatic N) is 2. The molecule has 0 spiro atoms. The molecule has 0 atom stereocenters. The van der Waals surface area contributed by atoms with Crippen molar-refractivity contribution in [1.82, 2.24) is 9.97 Å². The highest BCUT2D eigenvalue weighted by Gasteiger charge is 2.15. The molecule has 0 fully saturated rings. The number of pyridine rings is 2. The summed E-state index contributed by atoms with van der Waals surface area (Å²) in [6.45, 7) is -5.99. The fourth-order valence-electron chi connectivity index (χ4n) is 2.58. The fraction of sp³-hybridized carbons (Fsp3) is 0.200. The number of benzene rings is 1. The lowest BCUT2D eigenvalue weighted by atomic mass is 10.0. The lowest BCUT2D eigenvalue weighted by molar-refractivity contribution is 0.668. The van der Waals surface area contributed by atoms with E-state index in [9.17, 15) is 0 Å². The molecule has 4 rings (SSSR count). The average Bonchev–Trinajstić information content (AvgIpc) is 3.09. The SMILES string of the molecule is [2H]C([2H])([2H])c1cc2oc3ccccc3c2nc1-c1ncccc1C([2H])([2H])C([2H])([2H])C([2H])([2H])[2H]. The van der Waals surface area contributed by atoms with Crippen molar-refractivity contribution in [3.63, 3.8) is 0 Å². The monoisotopic (exact) mass is 312 g/mol. The molecule has 0 radical (unpaired) electrons. The third-order valence-corrected chi connectivity index (χ3v) is 3.58. The molecule has 3 aromatic heterocycles. The predicted molar refractivity (Wildman–Crippen MR) is 93.5 cm³/mol. The number of aryl methyl sites for hydroxylation is 2. The van der Waals surface area contributed by atoms with Crippen molar-refractivity contribution in [3.8, 4) is 11.4 Å². The molecule has 0 aliphatic carbocycles. The van der Waals surface area contributed by atoms with E-state index in [0.717, 1.165) is 0 Å². The Morgan fingerprint density at radius 2 is 2.09 bits per heavy atom. The first-order chi connectivity index (χ1) is 15.2. The van der Waals surface area contributed by atoms with Crippen LogP contribution in [-0.4, -0.2) is 9.97 Å². The quantitative estimate of drug-likeness (QED) is 0.515. The van der Waals surface area contributed by atoms with E-state index in [1.165, 1.54) is 24.4 Å². The van der Waals surface area contributed by atoms with E-state index in [4.69, 9.17) is 18.1 Å². The number of hydrogen-bond donors (Lipinski definition) is 0. The topological polar surface area (TPSA) is 38.9 Å². The normalized spacial score (nSPS) is 20.2. The molecule has 114 valence electrons. The smallest absolute Gasteiger partial charge is 0.154 e. The van der Waals surface area contributed by atoms with Gasteiger partial charge in [-0.3, -0.25) is 4.98 Å². The van der Waals surface area contributed by atoms with Gasteiger partial charge in [-0.05, 0) is 48.6 Å². The van der Waals surface area contributed by atoms with Gasteiger partial charge in [0.15, 0.2) is 5.58 Å². The first kappa shape index (κ1) is 6.83. The molecule has 0 amide bonds. The minimum atomic E-state index is -3.30. The summed E-state index contributed by atoms with van der Waals surface area (Å²) in [5, 5.41) is 0.601. The lowest BCUT2D eigenvalue weighted by Crippen LogP contribution is -1.97. The van der Waals surface area contributed by atoms with Crippen LogP contribution >= 0.6 is 0 Å². The minimum absolute atomic E-state index is 0.199. The Labute approximate surface area is 149 Å². The van der Waals surface area contributed by atoms with E-state index in [1.54, 1.807) is 24.3 Å². The van der Waals surface area contributed by atoms with E-state index in [0.29, 0.717) is 16.5 Å². The Morgan fingerprint density at radius 1 is 1.13 bits per heavy atom. The molecule has 23 heavy (non-hydrogen) atoms. The van der Waals surface area contributed by atoms with E-state index in [1.807, 2.05) is 0 Å². The number of fused-ring (bicyclic) bond motifs is 3. The number of aromatic nitrogens is 2. The first-order valence-electron chi connectivity index (χ1n) is 11.9. The van der Waals surface area contributed by atoms with Gasteiger partial charge in [-0.1, -0.05) is 31.4 Å². The molecule has 0 saturated carbocycles. The summed E-state index contributed by atoms with van der Waals surface area (Å²) in [4.78, 5) is 8.60. The Balaban J connectivity index is 2.07. The van der Waals surface area contributed by atoms with Gasteiger partial charge in [-0.2, -0.15) is 0 Å². The van der Waals surface area contributed by atoms with Crippen LogP contribution in [0.25, 0.3) is 33.5 Å². The first-order valence-corrected chi connectivity index (χ1v) is 6.95. The molecule has 0 aliphatic rings. The highest BCUT2D eigenvalue weighted by atomic mass is 16.3. The minimum Gasteiger partial charge on any atom is -0.454 e. The molecule has 0 saturated heterocycles. The highest BCUT2D eigenvalue weighted by Crippen LogP contribution is 2.32. The zero-order valence-electron chi connectivity index (χ0n) is 21.9. The van der Waals surface area contributed by atoms with Gasteiger partial charge in [0.05, 0.1) is 11.4 Å². The summed E-state index contributed by atoms with van der Waals surface area (Å²) < 4.78 is 85.1. The van der Waals surface area contributed by atoms with Crippen molar-refractivity contribution in [1.29, 1.82) is 0 Å². The maximum Gasteiger partial charge on any atom is 0.154 e. The summed E-state index contributed by atoms with van der Waals surface area (Å²) in [6, 6.07) is 10.7. The molecule has 0 bridgehead atoms. The van der Waals surface area contributed by atoms with Gasteiger partial charge < -0.3 is 4.42 Å². The van der Waals surface area contributed by atoms with Crippen LogP contribution in [0.15, 0.2) is 53.1 Å². The van der Waals surface area contributed by atoms with Crippen molar-refractivity contribution in [3.05, 3.63) is 59.8 Å². The Kier molecular flexibility index (Phi) is 1.64. The summed E-state index contributed by atoms with van der Waals surface area (Å²) >= 11 is 0. The van der Waals surface area contributed by atoms with E-state index < -0.39 is 32.0 Å². The molecule has 3 nitrogen and oxygen atoms in total. The van der Waals surface area contributed by atoms with Crippen molar-refractivity contribution in [2.45, 2.75) is 26.4 Å². The van der Waals surface area contributed by atoms with Crippen LogP contribution in [0.3, 0.4) is 0 Å². The molecular formula is C20H18N2O. The van der Waals surface area contributed by atoms with Crippen molar-refractivity contribution < 1.29 is 18.1 Å². The summed E-state index contributed by atoms with van der Waals surface area (Å²) in [7, 11) is 0. The second kappa shape index (κ2) is 5.51. The third kappa shape index (κ3) is 2.29. The molecule has 3 heterocycles. The Hall–Kier alpha value is -2.68. The summed E-state index contributed by atoms with van der Waals surface area (Å²) in [6.07, 6.45) is -5.07. The van der Waals surface area contributed by atoms with Crippen LogP contribution in [0.5, 0.6) is 0 Å². The Bertz CT molecular complexity index is 1350. The van der Waals surface area contributed by atoms with Crippen LogP contribution < -0.4 is 0 Å². The molecular weight excluding hydrogens is 284 g/mol. The van der Waals surface area contributed by atoms with Crippen LogP contribution in [0.1, 0.15) is 38.1 Å². The van der Waals surface area contributed by atoms with Crippen molar-refractivity contribution in [2.24, 2.45) is 0 Å².